The number of pyridine rings is 1. The topological polar surface area (TPSA) is 63.2 Å². The van der Waals surface area contributed by atoms with Gasteiger partial charge in [0.15, 0.2) is 0 Å². The molecule has 1 amide bonds. The lowest BCUT2D eigenvalue weighted by Crippen LogP contribution is -2.24. The van der Waals surface area contributed by atoms with Crippen LogP contribution in [0.1, 0.15) is 27.0 Å². The number of nitrogens with zero attached hydrogens (tertiary/aromatic N) is 1. The number of nitrogens with one attached hydrogen (secondary N) is 2. The molecule has 0 spiro atoms. The van der Waals surface area contributed by atoms with Gasteiger partial charge in [-0.05, 0) is 41.0 Å². The first-order valence-electron chi connectivity index (χ1n) is 8.61. The smallest absolute Gasteiger partial charge is 0.276 e. The molecule has 0 radical (unpaired) electrons. The minimum atomic E-state index is -0.296. The van der Waals surface area contributed by atoms with Gasteiger partial charge in [0.1, 0.15) is 0 Å². The van der Waals surface area contributed by atoms with Crippen molar-refractivity contribution < 1.29 is 9.63 Å². The summed E-state index contributed by atoms with van der Waals surface area (Å²) in [5.74, 6) is -0.296. The summed E-state index contributed by atoms with van der Waals surface area (Å²) in [5, 5.41) is 3.28. The van der Waals surface area contributed by atoms with E-state index in [1.807, 2.05) is 54.6 Å². The van der Waals surface area contributed by atoms with E-state index in [-0.39, 0.29) is 12.5 Å². The summed E-state index contributed by atoms with van der Waals surface area (Å²) >= 11 is 0. The Morgan fingerprint density at radius 1 is 1.00 bits per heavy atom. The molecule has 0 atom stereocenters. The van der Waals surface area contributed by atoms with Crippen molar-refractivity contribution >= 4 is 17.7 Å². The summed E-state index contributed by atoms with van der Waals surface area (Å²) in [5.41, 5.74) is 6.85. The molecule has 0 fully saturated rings. The van der Waals surface area contributed by atoms with Crippen LogP contribution in [0.15, 0.2) is 79.6 Å². The fraction of sp³-hybridized carbons (Fsp3) is 0.0909. The van der Waals surface area contributed by atoms with Crippen LogP contribution in [0, 0.1) is 0 Å². The number of carbonyl (C=O) groups is 1. The Labute approximate surface area is 158 Å². The molecule has 3 aromatic rings. The number of rotatable bonds is 8. The number of aromatic nitrogens is 1. The highest BCUT2D eigenvalue weighted by Gasteiger charge is 2.11. The zero-order valence-electron chi connectivity index (χ0n) is 14.9. The van der Waals surface area contributed by atoms with Crippen LogP contribution in [0.4, 0.5) is 5.69 Å². The van der Waals surface area contributed by atoms with Crippen LogP contribution in [0.2, 0.25) is 0 Å². The van der Waals surface area contributed by atoms with Crippen molar-refractivity contribution in [3.05, 3.63) is 102 Å². The molecule has 27 heavy (non-hydrogen) atoms. The molecule has 3 rings (SSSR count). The second-order valence-corrected chi connectivity index (χ2v) is 5.92. The lowest BCUT2D eigenvalue weighted by Gasteiger charge is -2.12. The monoisotopic (exact) mass is 359 g/mol. The lowest BCUT2D eigenvalue weighted by atomic mass is 10.1. The Balaban J connectivity index is 1.56. The maximum Gasteiger partial charge on any atom is 0.276 e. The third-order valence-electron chi connectivity index (χ3n) is 4.02. The lowest BCUT2D eigenvalue weighted by molar-refractivity contribution is 0.0234. The van der Waals surface area contributed by atoms with Gasteiger partial charge in [-0.2, -0.15) is 0 Å². The molecule has 2 N–H and O–H groups in total. The van der Waals surface area contributed by atoms with Crippen molar-refractivity contribution in [2.24, 2.45) is 0 Å². The molecule has 1 aromatic heterocycles. The van der Waals surface area contributed by atoms with E-state index in [2.05, 4.69) is 22.4 Å². The fourth-order valence-corrected chi connectivity index (χ4v) is 2.52. The van der Waals surface area contributed by atoms with E-state index in [0.717, 1.165) is 22.4 Å². The second kappa shape index (κ2) is 9.31. The second-order valence-electron chi connectivity index (χ2n) is 5.92. The Morgan fingerprint density at radius 3 is 2.48 bits per heavy atom. The van der Waals surface area contributed by atoms with Crippen molar-refractivity contribution in [3.63, 3.8) is 0 Å². The van der Waals surface area contributed by atoms with Gasteiger partial charge in [0, 0.05) is 24.6 Å². The van der Waals surface area contributed by atoms with E-state index >= 15 is 0 Å². The van der Waals surface area contributed by atoms with Crippen molar-refractivity contribution in [1.29, 1.82) is 0 Å². The van der Waals surface area contributed by atoms with E-state index in [1.54, 1.807) is 24.5 Å². The molecule has 5 heteroatoms. The quantitative estimate of drug-likeness (QED) is 0.592. The average Bonchev–Trinajstić information content (AvgIpc) is 2.73. The Hall–Kier alpha value is -3.44. The fourth-order valence-electron chi connectivity index (χ4n) is 2.52. The molecule has 0 bridgehead atoms. The zero-order chi connectivity index (χ0) is 18.9. The molecule has 0 aliphatic carbocycles. The molecular weight excluding hydrogens is 338 g/mol. The van der Waals surface area contributed by atoms with Crippen LogP contribution in [0.3, 0.4) is 0 Å². The number of hydrogen-bond donors (Lipinski definition) is 2. The first-order valence-corrected chi connectivity index (χ1v) is 8.61. The molecule has 0 saturated carbocycles. The summed E-state index contributed by atoms with van der Waals surface area (Å²) in [6, 6.07) is 19.0. The van der Waals surface area contributed by atoms with E-state index in [0.29, 0.717) is 12.1 Å². The molecule has 0 aliphatic heterocycles. The zero-order valence-corrected chi connectivity index (χ0v) is 14.9. The van der Waals surface area contributed by atoms with Gasteiger partial charge in [-0.25, -0.2) is 5.48 Å². The number of amides is 1. The van der Waals surface area contributed by atoms with Gasteiger partial charge in [-0.3, -0.25) is 14.6 Å². The Bertz CT molecular complexity index is 893. The molecule has 0 aliphatic rings. The van der Waals surface area contributed by atoms with Gasteiger partial charge < -0.3 is 5.32 Å². The van der Waals surface area contributed by atoms with Crippen LogP contribution in [-0.2, 0) is 18.0 Å². The predicted octanol–water partition coefficient (Wildman–Crippen LogP) is 4.20. The van der Waals surface area contributed by atoms with Gasteiger partial charge in [-0.15, -0.1) is 0 Å². The number of hydroxylamine groups is 1. The van der Waals surface area contributed by atoms with Gasteiger partial charge in [0.2, 0.25) is 0 Å². The number of hydrogen-bond acceptors (Lipinski definition) is 4. The van der Waals surface area contributed by atoms with Crippen LogP contribution in [0.5, 0.6) is 0 Å². The van der Waals surface area contributed by atoms with Gasteiger partial charge in [0.05, 0.1) is 12.2 Å². The first kappa shape index (κ1) is 18.4. The first-order chi connectivity index (χ1) is 13.3. The summed E-state index contributed by atoms with van der Waals surface area (Å²) in [7, 11) is 0. The standard InChI is InChI=1S/C22H21N3O2/c1-2-17-7-9-19(10-8-17)16-27-25-22(26)20-5-3-4-6-21(20)24-15-18-11-13-23-14-12-18/h2-14,24H,1,15-16H2,(H,25,26). The molecule has 136 valence electrons. The largest absolute Gasteiger partial charge is 0.380 e. The van der Waals surface area contributed by atoms with E-state index < -0.39 is 0 Å². The highest BCUT2D eigenvalue weighted by Crippen LogP contribution is 2.16. The Kier molecular flexibility index (Phi) is 6.33. The molecule has 0 saturated heterocycles. The minimum Gasteiger partial charge on any atom is -0.380 e. The van der Waals surface area contributed by atoms with E-state index in [9.17, 15) is 4.79 Å². The van der Waals surface area contributed by atoms with Gasteiger partial charge >= 0.3 is 0 Å². The highest BCUT2D eigenvalue weighted by atomic mass is 16.6. The summed E-state index contributed by atoms with van der Waals surface area (Å²) in [6.07, 6.45) is 5.26. The van der Waals surface area contributed by atoms with E-state index in [4.69, 9.17) is 4.84 Å². The summed E-state index contributed by atoms with van der Waals surface area (Å²) < 4.78 is 0. The van der Waals surface area contributed by atoms with Crippen molar-refractivity contribution in [2.75, 3.05) is 5.32 Å². The van der Waals surface area contributed by atoms with Crippen molar-refractivity contribution in [3.8, 4) is 0 Å². The number of anilines is 1. The van der Waals surface area contributed by atoms with Crippen LogP contribution in [0.25, 0.3) is 6.08 Å². The van der Waals surface area contributed by atoms with Crippen LogP contribution >= 0.6 is 0 Å². The number of para-hydroxylation sites is 1. The maximum absolute atomic E-state index is 12.5. The normalized spacial score (nSPS) is 10.2. The molecular formula is C22H21N3O2. The number of carbonyl (C=O) groups excluding carboxylic acids is 1. The molecule has 2 aromatic carbocycles. The molecule has 5 nitrogen and oxygen atoms in total. The SMILES string of the molecule is C=Cc1ccc(CONC(=O)c2ccccc2NCc2ccncc2)cc1. The third-order valence-corrected chi connectivity index (χ3v) is 4.02. The average molecular weight is 359 g/mol. The summed E-state index contributed by atoms with van der Waals surface area (Å²) in [6.45, 7) is 4.61. The van der Waals surface area contributed by atoms with Crippen LogP contribution in [-0.4, -0.2) is 10.9 Å². The van der Waals surface area contributed by atoms with Gasteiger partial charge in [-0.1, -0.05) is 49.1 Å². The molecule has 1 heterocycles. The predicted molar refractivity (Wildman–Crippen MR) is 107 cm³/mol. The van der Waals surface area contributed by atoms with Crippen molar-refractivity contribution in [1.82, 2.24) is 10.5 Å². The van der Waals surface area contributed by atoms with Crippen molar-refractivity contribution in [2.45, 2.75) is 13.2 Å². The Morgan fingerprint density at radius 2 is 1.74 bits per heavy atom. The minimum absolute atomic E-state index is 0.287. The summed E-state index contributed by atoms with van der Waals surface area (Å²) in [4.78, 5) is 21.8. The highest BCUT2D eigenvalue weighted by molar-refractivity contribution is 5.98. The third kappa shape index (κ3) is 5.26. The van der Waals surface area contributed by atoms with Crippen LogP contribution < -0.4 is 10.8 Å². The maximum atomic E-state index is 12.5. The van der Waals surface area contributed by atoms with E-state index in [1.165, 1.54) is 0 Å². The van der Waals surface area contributed by atoms with Gasteiger partial charge in [0.25, 0.3) is 5.91 Å². The molecule has 0 unspecified atom stereocenters. The number of benzene rings is 2.